The average molecular weight is 484 g/mol. The summed E-state index contributed by atoms with van der Waals surface area (Å²) in [5.74, 6) is 0. The zero-order chi connectivity index (χ0) is 22.8. The summed E-state index contributed by atoms with van der Waals surface area (Å²) in [6, 6.07) is 9.32. The summed E-state index contributed by atoms with van der Waals surface area (Å²) in [6.07, 6.45) is 2.92. The van der Waals surface area contributed by atoms with Crippen LogP contribution in [0.25, 0.3) is 6.08 Å². The van der Waals surface area contributed by atoms with Crippen molar-refractivity contribution in [2.24, 2.45) is 0 Å². The van der Waals surface area contributed by atoms with Crippen LogP contribution in [0.3, 0.4) is 0 Å². The van der Waals surface area contributed by atoms with Crippen molar-refractivity contribution in [3.05, 3.63) is 36.4 Å². The van der Waals surface area contributed by atoms with Gasteiger partial charge in [0.1, 0.15) is 0 Å². The normalized spacial score (nSPS) is 14.6. The molecule has 9 heteroatoms. The second-order valence-electron chi connectivity index (χ2n) is 9.47. The van der Waals surface area contributed by atoms with Crippen LogP contribution in [-0.4, -0.2) is 54.1 Å². The first kappa shape index (κ1) is 27.5. The lowest BCUT2D eigenvalue weighted by Gasteiger charge is -2.40. The van der Waals surface area contributed by atoms with Crippen molar-refractivity contribution in [1.82, 2.24) is 5.32 Å². The van der Waals surface area contributed by atoms with Crippen LogP contribution in [0.2, 0.25) is 58.4 Å². The van der Waals surface area contributed by atoms with Crippen LogP contribution in [0.4, 0.5) is 5.69 Å². The molecule has 0 spiro atoms. The van der Waals surface area contributed by atoms with E-state index in [1.165, 1.54) is 0 Å². The molecule has 0 aliphatic carbocycles. The van der Waals surface area contributed by atoms with E-state index in [1.807, 2.05) is 6.08 Å². The summed E-state index contributed by atoms with van der Waals surface area (Å²) in [5.41, 5.74) is 2.28. The molecule has 1 radical (unpaired) electrons. The molecule has 1 aromatic carbocycles. The Kier molecular flexibility index (Phi) is 11.5. The fraction of sp³-hybridized carbons (Fsp3) is 0.619. The van der Waals surface area contributed by atoms with Crippen molar-refractivity contribution in [2.45, 2.75) is 64.8 Å². The van der Waals surface area contributed by atoms with Gasteiger partial charge < -0.3 is 23.0 Å². The van der Waals surface area contributed by atoms with Gasteiger partial charge in [-0.25, -0.2) is 0 Å². The van der Waals surface area contributed by atoms with Crippen LogP contribution in [0.1, 0.15) is 12.0 Å². The fourth-order valence-corrected chi connectivity index (χ4v) is 19.5. The van der Waals surface area contributed by atoms with E-state index in [-0.39, 0.29) is 0 Å². The van der Waals surface area contributed by atoms with Gasteiger partial charge in [-0.3, -0.25) is 0 Å². The molecule has 1 atom stereocenters. The van der Waals surface area contributed by atoms with E-state index < -0.39 is 34.5 Å². The lowest BCUT2D eigenvalue weighted by molar-refractivity contribution is 0.326. The molecule has 5 nitrogen and oxygen atoms in total. The molecule has 1 rings (SSSR count). The van der Waals surface area contributed by atoms with Crippen molar-refractivity contribution >= 4 is 46.2 Å². The van der Waals surface area contributed by atoms with Crippen LogP contribution in [0.15, 0.2) is 30.8 Å². The first-order valence-corrected chi connectivity index (χ1v) is 22.1. The van der Waals surface area contributed by atoms with Gasteiger partial charge in [0.05, 0.1) is 0 Å². The summed E-state index contributed by atoms with van der Waals surface area (Å²) >= 11 is 0. The highest BCUT2D eigenvalue weighted by molar-refractivity contribution is 6.87. The van der Waals surface area contributed by atoms with Gasteiger partial charge in [-0.05, 0) is 89.1 Å². The lowest BCUT2D eigenvalue weighted by Crippen LogP contribution is -2.55. The fourth-order valence-electron chi connectivity index (χ4n) is 3.49. The zero-order valence-electron chi connectivity index (χ0n) is 20.4. The van der Waals surface area contributed by atoms with Crippen LogP contribution < -0.4 is 10.6 Å². The van der Waals surface area contributed by atoms with E-state index in [0.29, 0.717) is 0 Å². The summed E-state index contributed by atoms with van der Waals surface area (Å²) in [6.45, 7) is 24.2. The predicted octanol–water partition coefficient (Wildman–Crippen LogP) is 5.63. The molecule has 171 valence electrons. The number of hydrogen-bond acceptors (Lipinski definition) is 5. The van der Waals surface area contributed by atoms with Gasteiger partial charge in [0.2, 0.25) is 0 Å². The molecule has 1 aromatic rings. The average Bonchev–Trinajstić information content (AvgIpc) is 2.57. The topological polar surface area (TPSA) is 51.8 Å². The van der Waals surface area contributed by atoms with Gasteiger partial charge in [0.15, 0.2) is 17.4 Å². The molecule has 0 heterocycles. The molecular weight excluding hydrogens is 441 g/mol. The van der Waals surface area contributed by atoms with Crippen LogP contribution >= 0.6 is 0 Å². The van der Waals surface area contributed by atoms with Crippen molar-refractivity contribution in [2.75, 3.05) is 25.0 Å². The number of nitrogens with one attached hydrogen (secondary N) is 2. The molecule has 30 heavy (non-hydrogen) atoms. The molecule has 0 bridgehead atoms. The van der Waals surface area contributed by atoms with Crippen molar-refractivity contribution < 1.29 is 12.3 Å². The highest BCUT2D eigenvalue weighted by Gasteiger charge is 2.42. The number of hydrogen-bond donors (Lipinski definition) is 2. The van der Waals surface area contributed by atoms with E-state index in [1.54, 1.807) is 0 Å². The largest absolute Gasteiger partial charge is 0.437 e. The first-order chi connectivity index (χ1) is 13.8. The van der Waals surface area contributed by atoms with Crippen molar-refractivity contribution in [1.29, 1.82) is 0 Å². The molecule has 0 saturated carbocycles. The summed E-state index contributed by atoms with van der Waals surface area (Å²) in [4.78, 5) is 0. The van der Waals surface area contributed by atoms with Gasteiger partial charge >= 0.3 is 17.1 Å². The van der Waals surface area contributed by atoms with Gasteiger partial charge in [0, 0.05) is 18.8 Å². The quantitative estimate of drug-likeness (QED) is 0.250. The molecule has 0 aromatic heterocycles. The first-order valence-electron chi connectivity index (χ1n) is 10.9. The number of benzene rings is 1. The molecule has 1 unspecified atom stereocenters. The minimum absolute atomic E-state index is 0.777. The minimum Gasteiger partial charge on any atom is -0.437 e. The van der Waals surface area contributed by atoms with E-state index in [2.05, 4.69) is 93.9 Å². The molecular formula is C21H43N2O3Si4. The van der Waals surface area contributed by atoms with Gasteiger partial charge in [0.25, 0.3) is 0 Å². The second-order valence-corrected chi connectivity index (χ2v) is 23.5. The summed E-state index contributed by atoms with van der Waals surface area (Å²) in [7, 11) is -6.89. The maximum atomic E-state index is 6.66. The van der Waals surface area contributed by atoms with Crippen LogP contribution in [0.5, 0.6) is 0 Å². The maximum Gasteiger partial charge on any atom is 0.315 e. The van der Waals surface area contributed by atoms with Crippen LogP contribution in [0, 0.1) is 0 Å². The Morgan fingerprint density at radius 2 is 1.57 bits per heavy atom. The zero-order valence-corrected chi connectivity index (χ0v) is 24.4. The highest BCUT2D eigenvalue weighted by Crippen LogP contribution is 2.26. The Hall–Kier alpha value is -0.532. The Morgan fingerprint density at radius 1 is 0.933 bits per heavy atom. The molecule has 0 amide bonds. The lowest BCUT2D eigenvalue weighted by atomic mass is 10.2. The van der Waals surface area contributed by atoms with E-state index in [4.69, 9.17) is 12.3 Å². The van der Waals surface area contributed by atoms with Crippen LogP contribution in [-0.2, 0) is 12.3 Å². The molecule has 0 aliphatic rings. The summed E-state index contributed by atoms with van der Waals surface area (Å²) < 4.78 is 19.5. The maximum absolute atomic E-state index is 6.66. The molecule has 0 saturated heterocycles. The molecule has 0 fully saturated rings. The number of anilines is 1. The Morgan fingerprint density at radius 3 is 2.10 bits per heavy atom. The van der Waals surface area contributed by atoms with Crippen molar-refractivity contribution in [3.8, 4) is 0 Å². The smallest absolute Gasteiger partial charge is 0.315 e. The van der Waals surface area contributed by atoms with E-state index in [9.17, 15) is 0 Å². The highest BCUT2D eigenvalue weighted by atomic mass is 28.5. The monoisotopic (exact) mass is 483 g/mol. The Labute approximate surface area is 190 Å². The van der Waals surface area contributed by atoms with Gasteiger partial charge in [-0.15, -0.1) is 0 Å². The molecule has 2 N–H and O–H groups in total. The number of rotatable bonds is 15. The molecule has 0 aliphatic heterocycles. The third-order valence-corrected chi connectivity index (χ3v) is 16.9. The Balaban J connectivity index is 2.42. The third kappa shape index (κ3) is 12.4. The van der Waals surface area contributed by atoms with Gasteiger partial charge in [-0.1, -0.05) is 24.8 Å². The minimum atomic E-state index is -2.27. The Bertz CT molecular complexity index is 636. The van der Waals surface area contributed by atoms with Crippen molar-refractivity contribution in [3.63, 3.8) is 0 Å². The van der Waals surface area contributed by atoms with E-state index in [0.717, 1.165) is 43.4 Å². The van der Waals surface area contributed by atoms with Gasteiger partial charge in [-0.2, -0.15) is 0 Å². The standard InChI is InChI=1S/C21H43N2O3Si4/c1-10-20-12-14-21(15-13-20)23-18-17-22-16-11-19-30(9,25-28(4,5)6)26-29(7,8)24-27(2)3/h10,12-15,22-23H,1,11,16-19H2,2-9H3. The van der Waals surface area contributed by atoms with E-state index >= 15 is 0 Å². The third-order valence-electron chi connectivity index (χ3n) is 4.20. The summed E-state index contributed by atoms with van der Waals surface area (Å²) in [5, 5.41) is 6.98. The predicted molar refractivity (Wildman–Crippen MR) is 140 cm³/mol. The SMILES string of the molecule is C=Cc1ccc(NCCNCCC[Si](C)(O[Si](C)(C)C)O[Si](C)(C)O[Si](C)C)cc1. The second kappa shape index (κ2) is 12.5.